The summed E-state index contributed by atoms with van der Waals surface area (Å²) in [6.07, 6.45) is 4.07. The highest BCUT2D eigenvalue weighted by molar-refractivity contribution is 9.10. The van der Waals surface area contributed by atoms with Crippen LogP contribution in [0, 0.1) is 6.92 Å². The fraction of sp³-hybridized carbons (Fsp3) is 0.0833. The first-order chi connectivity index (χ1) is 13.2. The van der Waals surface area contributed by atoms with Crippen molar-refractivity contribution in [2.24, 2.45) is 0 Å². The van der Waals surface area contributed by atoms with Gasteiger partial charge < -0.3 is 9.72 Å². The van der Waals surface area contributed by atoms with Crippen LogP contribution < -0.4 is 0 Å². The molecule has 1 N–H and O–H groups in total. The first-order valence-electron chi connectivity index (χ1n) is 9.00. The van der Waals surface area contributed by atoms with Gasteiger partial charge in [0.05, 0.1) is 0 Å². The fourth-order valence-electron chi connectivity index (χ4n) is 3.74. The maximum absolute atomic E-state index is 6.56. The molecule has 2 heterocycles. The molecule has 27 heavy (non-hydrogen) atoms. The second kappa shape index (κ2) is 6.43. The van der Waals surface area contributed by atoms with Crippen molar-refractivity contribution in [3.8, 4) is 0 Å². The highest BCUT2D eigenvalue weighted by Gasteiger charge is 2.27. The molecule has 1 aromatic heterocycles. The monoisotopic (exact) mass is 415 g/mol. The number of rotatable bonds is 2. The standard InChI is InChI=1S/C24H18BrNO/c1-15-7-9-19-17(11-15)12-23(16-5-3-2-4-6-16)27-24(19)21-14-26-22-10-8-18(25)13-20(21)22/h2-14,24,26H,1H3. The third kappa shape index (κ3) is 2.88. The van der Waals surface area contributed by atoms with Gasteiger partial charge in [0, 0.05) is 38.3 Å². The van der Waals surface area contributed by atoms with E-state index in [-0.39, 0.29) is 6.10 Å². The molecule has 0 spiro atoms. The normalized spacial score (nSPS) is 15.9. The predicted molar refractivity (Wildman–Crippen MR) is 114 cm³/mol. The van der Waals surface area contributed by atoms with E-state index in [4.69, 9.17) is 4.74 Å². The summed E-state index contributed by atoms with van der Waals surface area (Å²) in [7, 11) is 0. The molecule has 4 aromatic rings. The predicted octanol–water partition coefficient (Wildman–Crippen LogP) is 6.86. The van der Waals surface area contributed by atoms with E-state index in [1.807, 2.05) is 18.2 Å². The van der Waals surface area contributed by atoms with Gasteiger partial charge in [0.25, 0.3) is 0 Å². The van der Waals surface area contributed by atoms with Crippen LogP contribution in [0.2, 0.25) is 0 Å². The Bertz CT molecular complexity index is 1170. The van der Waals surface area contributed by atoms with E-state index >= 15 is 0 Å². The number of hydrogen-bond donors (Lipinski definition) is 1. The van der Waals surface area contributed by atoms with Gasteiger partial charge in [-0.15, -0.1) is 0 Å². The molecule has 5 rings (SSSR count). The third-order valence-corrected chi connectivity index (χ3v) is 5.57. The lowest BCUT2D eigenvalue weighted by Crippen LogP contribution is -2.11. The van der Waals surface area contributed by atoms with Crippen LogP contribution in [0.1, 0.15) is 33.9 Å². The van der Waals surface area contributed by atoms with Gasteiger partial charge in [0.2, 0.25) is 0 Å². The molecular weight excluding hydrogens is 398 g/mol. The Balaban J connectivity index is 1.70. The molecule has 0 saturated heterocycles. The van der Waals surface area contributed by atoms with E-state index in [2.05, 4.69) is 88.6 Å². The van der Waals surface area contributed by atoms with Crippen molar-refractivity contribution in [2.45, 2.75) is 13.0 Å². The van der Waals surface area contributed by atoms with Crippen LogP contribution in [0.15, 0.2) is 77.4 Å². The molecule has 1 aliphatic rings. The lowest BCUT2D eigenvalue weighted by molar-refractivity contribution is 0.207. The zero-order valence-corrected chi connectivity index (χ0v) is 16.5. The molecule has 3 heteroatoms. The van der Waals surface area contributed by atoms with Crippen molar-refractivity contribution in [1.29, 1.82) is 0 Å². The number of halogens is 1. The van der Waals surface area contributed by atoms with E-state index in [1.54, 1.807) is 0 Å². The van der Waals surface area contributed by atoms with E-state index in [9.17, 15) is 0 Å². The molecule has 0 fully saturated rings. The summed E-state index contributed by atoms with van der Waals surface area (Å²) in [5.74, 6) is 0.906. The smallest absolute Gasteiger partial charge is 0.152 e. The lowest BCUT2D eigenvalue weighted by atomic mass is 9.92. The van der Waals surface area contributed by atoms with Gasteiger partial charge in [-0.25, -0.2) is 0 Å². The van der Waals surface area contributed by atoms with Gasteiger partial charge in [0.1, 0.15) is 5.76 Å². The molecule has 1 atom stereocenters. The minimum atomic E-state index is -0.149. The first kappa shape index (κ1) is 16.4. The van der Waals surface area contributed by atoms with Crippen LogP contribution in [0.3, 0.4) is 0 Å². The van der Waals surface area contributed by atoms with Crippen LogP contribution in [0.4, 0.5) is 0 Å². The Morgan fingerprint density at radius 3 is 2.63 bits per heavy atom. The second-order valence-corrected chi connectivity index (χ2v) is 7.85. The molecule has 0 radical (unpaired) electrons. The van der Waals surface area contributed by atoms with E-state index < -0.39 is 0 Å². The number of aromatic amines is 1. The van der Waals surface area contributed by atoms with Crippen molar-refractivity contribution < 1.29 is 4.74 Å². The number of aryl methyl sites for hydroxylation is 1. The van der Waals surface area contributed by atoms with Gasteiger partial charge in [-0.05, 0) is 36.8 Å². The summed E-state index contributed by atoms with van der Waals surface area (Å²) in [6, 6.07) is 23.2. The number of aromatic nitrogens is 1. The molecule has 1 aliphatic heterocycles. The average molecular weight is 416 g/mol. The third-order valence-electron chi connectivity index (χ3n) is 5.07. The zero-order valence-electron chi connectivity index (χ0n) is 14.9. The fourth-order valence-corrected chi connectivity index (χ4v) is 4.10. The number of nitrogens with one attached hydrogen (secondary N) is 1. The van der Waals surface area contributed by atoms with Gasteiger partial charge in [-0.2, -0.15) is 0 Å². The highest BCUT2D eigenvalue weighted by Crippen LogP contribution is 2.42. The summed E-state index contributed by atoms with van der Waals surface area (Å²) in [4.78, 5) is 3.39. The van der Waals surface area contributed by atoms with Gasteiger partial charge >= 0.3 is 0 Å². The van der Waals surface area contributed by atoms with E-state index in [1.165, 1.54) is 22.1 Å². The highest BCUT2D eigenvalue weighted by atomic mass is 79.9. The SMILES string of the molecule is Cc1ccc2c(c1)C=C(c1ccccc1)OC2c1c[nH]c2ccc(Br)cc12. The van der Waals surface area contributed by atoms with Gasteiger partial charge in [0.15, 0.2) is 6.10 Å². The van der Waals surface area contributed by atoms with E-state index in [0.717, 1.165) is 26.9 Å². The molecule has 0 aliphatic carbocycles. The Morgan fingerprint density at radius 2 is 1.78 bits per heavy atom. The van der Waals surface area contributed by atoms with Crippen molar-refractivity contribution in [3.05, 3.63) is 105 Å². The van der Waals surface area contributed by atoms with Gasteiger partial charge in [-0.1, -0.05) is 70.0 Å². The number of hydrogen-bond acceptors (Lipinski definition) is 1. The molecule has 0 saturated carbocycles. The molecule has 2 nitrogen and oxygen atoms in total. The quantitative estimate of drug-likeness (QED) is 0.380. The average Bonchev–Trinajstić information content (AvgIpc) is 3.10. The van der Waals surface area contributed by atoms with Crippen molar-refractivity contribution in [1.82, 2.24) is 4.98 Å². The van der Waals surface area contributed by atoms with E-state index in [0.29, 0.717) is 0 Å². The Morgan fingerprint density at radius 1 is 0.926 bits per heavy atom. The van der Waals surface area contributed by atoms with Crippen LogP contribution in [0.5, 0.6) is 0 Å². The second-order valence-electron chi connectivity index (χ2n) is 6.94. The van der Waals surface area contributed by atoms with Crippen molar-refractivity contribution in [3.63, 3.8) is 0 Å². The Kier molecular flexibility index (Phi) is 3.91. The maximum Gasteiger partial charge on any atom is 0.152 e. The molecule has 0 bridgehead atoms. The van der Waals surface area contributed by atoms with Gasteiger partial charge in [-0.3, -0.25) is 0 Å². The summed E-state index contributed by atoms with van der Waals surface area (Å²) in [6.45, 7) is 2.13. The summed E-state index contributed by atoms with van der Waals surface area (Å²) < 4.78 is 7.62. The molecular formula is C24H18BrNO. The van der Waals surface area contributed by atoms with Crippen LogP contribution in [-0.2, 0) is 4.74 Å². The molecule has 1 unspecified atom stereocenters. The Labute approximate surface area is 166 Å². The largest absolute Gasteiger partial charge is 0.480 e. The summed E-state index contributed by atoms with van der Waals surface area (Å²) in [5.41, 5.74) is 7.02. The number of ether oxygens (including phenoxy) is 1. The summed E-state index contributed by atoms with van der Waals surface area (Å²) in [5, 5.41) is 1.18. The number of fused-ring (bicyclic) bond motifs is 2. The zero-order chi connectivity index (χ0) is 18.4. The van der Waals surface area contributed by atoms with Crippen LogP contribution in [-0.4, -0.2) is 4.98 Å². The Hall–Kier alpha value is -2.78. The summed E-state index contributed by atoms with van der Waals surface area (Å²) >= 11 is 3.60. The van der Waals surface area contributed by atoms with Crippen molar-refractivity contribution in [2.75, 3.05) is 0 Å². The molecule has 132 valence electrons. The topological polar surface area (TPSA) is 25.0 Å². The van der Waals surface area contributed by atoms with Crippen LogP contribution in [0.25, 0.3) is 22.7 Å². The lowest BCUT2D eigenvalue weighted by Gasteiger charge is -2.27. The first-order valence-corrected chi connectivity index (χ1v) is 9.79. The minimum absolute atomic E-state index is 0.149. The van der Waals surface area contributed by atoms with Crippen LogP contribution >= 0.6 is 15.9 Å². The van der Waals surface area contributed by atoms with Crippen molar-refractivity contribution >= 4 is 38.7 Å². The number of benzene rings is 3. The molecule has 0 amide bonds. The number of H-pyrrole nitrogens is 1. The maximum atomic E-state index is 6.56. The molecule has 3 aromatic carbocycles. The minimum Gasteiger partial charge on any atom is -0.480 e.